The minimum atomic E-state index is -0.131. The molecule has 0 bridgehead atoms. The Bertz CT molecular complexity index is 660. The molecule has 6 heteroatoms. The molecular formula is C19H26ClN3O2. The predicted molar refractivity (Wildman–Crippen MR) is 99.3 cm³/mol. The number of nitrogens with zero attached hydrogens (tertiary/aromatic N) is 1. The summed E-state index contributed by atoms with van der Waals surface area (Å²) in [4.78, 5) is 26.1. The summed E-state index contributed by atoms with van der Waals surface area (Å²) in [6, 6.07) is 5.48. The molecule has 0 aliphatic heterocycles. The third-order valence-corrected chi connectivity index (χ3v) is 5.47. The Hall–Kier alpha value is -1.59. The summed E-state index contributed by atoms with van der Waals surface area (Å²) >= 11 is 6.37. The molecular weight excluding hydrogens is 338 g/mol. The van der Waals surface area contributed by atoms with E-state index in [1.807, 2.05) is 11.0 Å². The Morgan fingerprint density at radius 1 is 1.24 bits per heavy atom. The molecule has 2 amide bonds. The first-order valence-electron chi connectivity index (χ1n) is 9.08. The molecule has 0 radical (unpaired) electrons. The van der Waals surface area contributed by atoms with Gasteiger partial charge in [0.1, 0.15) is 0 Å². The van der Waals surface area contributed by atoms with E-state index in [1.54, 1.807) is 12.1 Å². The zero-order chi connectivity index (χ0) is 18.0. The molecule has 136 valence electrons. The van der Waals surface area contributed by atoms with Crippen LogP contribution in [0.4, 0.5) is 5.69 Å². The lowest BCUT2D eigenvalue weighted by molar-refractivity contribution is -0.136. The van der Waals surface area contributed by atoms with Crippen LogP contribution in [0.25, 0.3) is 0 Å². The number of nitrogens with two attached hydrogens (primary N) is 1. The monoisotopic (exact) mass is 363 g/mol. The minimum Gasteiger partial charge on any atom is -0.334 e. The van der Waals surface area contributed by atoms with Gasteiger partial charge in [0, 0.05) is 42.2 Å². The topological polar surface area (TPSA) is 75.4 Å². The maximum Gasteiger partial charge on any atom is 0.226 e. The van der Waals surface area contributed by atoms with Crippen molar-refractivity contribution in [2.75, 3.05) is 5.32 Å². The first-order chi connectivity index (χ1) is 12.0. The molecule has 2 aliphatic carbocycles. The summed E-state index contributed by atoms with van der Waals surface area (Å²) in [5.41, 5.74) is 7.88. The first kappa shape index (κ1) is 18.2. The fourth-order valence-corrected chi connectivity index (χ4v) is 3.79. The number of carbonyl (C=O) groups is 2. The SMILES string of the molecule is CC(=O)Nc1ccc(Cl)c(CN(C(=O)C2CC2)C2CCCCC2N)c1. The van der Waals surface area contributed by atoms with Crippen LogP contribution < -0.4 is 11.1 Å². The molecule has 0 heterocycles. The molecule has 1 aromatic rings. The van der Waals surface area contributed by atoms with Crippen LogP contribution in [0, 0.1) is 5.92 Å². The van der Waals surface area contributed by atoms with Crippen LogP contribution in [-0.4, -0.2) is 28.8 Å². The second-order valence-corrected chi connectivity index (χ2v) is 7.65. The molecule has 0 aromatic heterocycles. The summed E-state index contributed by atoms with van der Waals surface area (Å²) in [7, 11) is 0. The Balaban J connectivity index is 1.84. The molecule has 25 heavy (non-hydrogen) atoms. The van der Waals surface area contributed by atoms with E-state index in [-0.39, 0.29) is 29.8 Å². The molecule has 5 nitrogen and oxygen atoms in total. The van der Waals surface area contributed by atoms with Crippen molar-refractivity contribution < 1.29 is 9.59 Å². The second kappa shape index (κ2) is 7.75. The Morgan fingerprint density at radius 3 is 2.60 bits per heavy atom. The number of nitrogens with one attached hydrogen (secondary N) is 1. The average Bonchev–Trinajstić information content (AvgIpc) is 3.40. The Labute approximate surface area is 153 Å². The van der Waals surface area contributed by atoms with Crippen LogP contribution in [0.3, 0.4) is 0 Å². The zero-order valence-electron chi connectivity index (χ0n) is 14.6. The van der Waals surface area contributed by atoms with E-state index in [2.05, 4.69) is 5.32 Å². The van der Waals surface area contributed by atoms with Gasteiger partial charge in [-0.25, -0.2) is 0 Å². The number of rotatable bonds is 5. The number of hydrogen-bond donors (Lipinski definition) is 2. The van der Waals surface area contributed by atoms with E-state index < -0.39 is 0 Å². The van der Waals surface area contributed by atoms with Crippen molar-refractivity contribution >= 4 is 29.1 Å². The maximum absolute atomic E-state index is 12.9. The van der Waals surface area contributed by atoms with E-state index in [0.29, 0.717) is 17.3 Å². The third-order valence-electron chi connectivity index (χ3n) is 5.10. The van der Waals surface area contributed by atoms with Crippen molar-refractivity contribution in [3.05, 3.63) is 28.8 Å². The third kappa shape index (κ3) is 4.53. The highest BCUT2D eigenvalue weighted by Crippen LogP contribution is 2.35. The lowest BCUT2D eigenvalue weighted by Crippen LogP contribution is -2.52. The van der Waals surface area contributed by atoms with Gasteiger partial charge in [-0.15, -0.1) is 0 Å². The molecule has 2 atom stereocenters. The number of halogens is 1. The number of hydrogen-bond acceptors (Lipinski definition) is 3. The van der Waals surface area contributed by atoms with Gasteiger partial charge >= 0.3 is 0 Å². The largest absolute Gasteiger partial charge is 0.334 e. The highest BCUT2D eigenvalue weighted by atomic mass is 35.5. The molecule has 0 spiro atoms. The molecule has 3 rings (SSSR count). The molecule has 2 saturated carbocycles. The lowest BCUT2D eigenvalue weighted by Gasteiger charge is -2.39. The van der Waals surface area contributed by atoms with Crippen molar-refractivity contribution in [3.63, 3.8) is 0 Å². The smallest absolute Gasteiger partial charge is 0.226 e. The first-order valence-corrected chi connectivity index (χ1v) is 9.45. The molecule has 2 fully saturated rings. The number of anilines is 1. The van der Waals surface area contributed by atoms with Gasteiger partial charge in [-0.1, -0.05) is 24.4 Å². The lowest BCUT2D eigenvalue weighted by atomic mass is 9.89. The van der Waals surface area contributed by atoms with Crippen LogP contribution in [-0.2, 0) is 16.1 Å². The summed E-state index contributed by atoms with van der Waals surface area (Å²) in [5, 5.41) is 3.38. The van der Waals surface area contributed by atoms with Gasteiger partial charge in [-0.3, -0.25) is 9.59 Å². The molecule has 2 aliphatic rings. The van der Waals surface area contributed by atoms with Gasteiger partial charge in [-0.05, 0) is 49.4 Å². The summed E-state index contributed by atoms with van der Waals surface area (Å²) in [6.07, 6.45) is 6.07. The van der Waals surface area contributed by atoms with E-state index in [9.17, 15) is 9.59 Å². The van der Waals surface area contributed by atoms with E-state index in [1.165, 1.54) is 6.92 Å². The van der Waals surface area contributed by atoms with Crippen LogP contribution in [0.1, 0.15) is 51.0 Å². The van der Waals surface area contributed by atoms with Gasteiger partial charge in [0.25, 0.3) is 0 Å². The van der Waals surface area contributed by atoms with Gasteiger partial charge in [0.05, 0.1) is 0 Å². The second-order valence-electron chi connectivity index (χ2n) is 7.24. The van der Waals surface area contributed by atoms with Crippen molar-refractivity contribution in [1.29, 1.82) is 0 Å². The summed E-state index contributed by atoms with van der Waals surface area (Å²) in [5.74, 6) is 0.211. The van der Waals surface area contributed by atoms with Crippen LogP contribution in [0.2, 0.25) is 5.02 Å². The van der Waals surface area contributed by atoms with Crippen molar-refractivity contribution in [2.45, 2.75) is 64.1 Å². The van der Waals surface area contributed by atoms with Crippen LogP contribution in [0.5, 0.6) is 0 Å². The van der Waals surface area contributed by atoms with Crippen molar-refractivity contribution in [1.82, 2.24) is 4.90 Å². The zero-order valence-corrected chi connectivity index (χ0v) is 15.4. The predicted octanol–water partition coefficient (Wildman–Crippen LogP) is 3.31. The average molecular weight is 364 g/mol. The number of benzene rings is 1. The maximum atomic E-state index is 12.9. The summed E-state index contributed by atoms with van der Waals surface area (Å²) in [6.45, 7) is 1.91. The molecule has 3 N–H and O–H groups in total. The minimum absolute atomic E-state index is 0.0220. The van der Waals surface area contributed by atoms with Crippen LogP contribution >= 0.6 is 11.6 Å². The molecule has 1 aromatic carbocycles. The van der Waals surface area contributed by atoms with Gasteiger partial charge < -0.3 is 16.0 Å². The highest BCUT2D eigenvalue weighted by Gasteiger charge is 2.38. The van der Waals surface area contributed by atoms with Gasteiger partial charge in [0.15, 0.2) is 0 Å². The van der Waals surface area contributed by atoms with Crippen LogP contribution in [0.15, 0.2) is 18.2 Å². The van der Waals surface area contributed by atoms with Crippen molar-refractivity contribution in [3.8, 4) is 0 Å². The van der Waals surface area contributed by atoms with E-state index in [4.69, 9.17) is 17.3 Å². The highest BCUT2D eigenvalue weighted by molar-refractivity contribution is 6.31. The molecule has 0 saturated heterocycles. The Kier molecular flexibility index (Phi) is 5.64. The van der Waals surface area contributed by atoms with Gasteiger partial charge in [0.2, 0.25) is 11.8 Å². The number of amides is 2. The molecule has 2 unspecified atom stereocenters. The summed E-state index contributed by atoms with van der Waals surface area (Å²) < 4.78 is 0. The van der Waals surface area contributed by atoms with E-state index >= 15 is 0 Å². The fraction of sp³-hybridized carbons (Fsp3) is 0.579. The van der Waals surface area contributed by atoms with Gasteiger partial charge in [-0.2, -0.15) is 0 Å². The fourth-order valence-electron chi connectivity index (χ4n) is 3.61. The number of carbonyl (C=O) groups excluding carboxylic acids is 2. The standard InChI is InChI=1S/C19H26ClN3O2/c1-12(24)22-15-8-9-16(20)14(10-15)11-23(19(25)13-6-7-13)18-5-3-2-4-17(18)21/h8-10,13,17-18H,2-7,11,21H2,1H3,(H,22,24). The van der Waals surface area contributed by atoms with E-state index in [0.717, 1.165) is 44.1 Å². The Morgan fingerprint density at radius 2 is 1.96 bits per heavy atom. The van der Waals surface area contributed by atoms with Crippen molar-refractivity contribution in [2.24, 2.45) is 11.7 Å². The normalized spacial score (nSPS) is 23.2. The quantitative estimate of drug-likeness (QED) is 0.842.